The Bertz CT molecular complexity index is 594. The van der Waals surface area contributed by atoms with Crippen LogP contribution in [0, 0.1) is 3.57 Å². The van der Waals surface area contributed by atoms with Crippen molar-refractivity contribution in [3.8, 4) is 0 Å². The molecule has 0 aliphatic heterocycles. The van der Waals surface area contributed by atoms with Crippen LogP contribution in [0.3, 0.4) is 0 Å². The fraction of sp³-hybridized carbons (Fsp3) is 0.182. The molecule has 2 rings (SSSR count). The minimum atomic E-state index is -3.31. The molecule has 1 aromatic heterocycles. The molecule has 17 heavy (non-hydrogen) atoms. The summed E-state index contributed by atoms with van der Waals surface area (Å²) < 4.78 is 23.3. The molecule has 0 unspecified atom stereocenters. The van der Waals surface area contributed by atoms with Gasteiger partial charge in [-0.25, -0.2) is 4.98 Å². The van der Waals surface area contributed by atoms with E-state index in [4.69, 9.17) is 9.05 Å². The Labute approximate surface area is 113 Å². The van der Waals surface area contributed by atoms with Gasteiger partial charge in [0, 0.05) is 29.4 Å². The summed E-state index contributed by atoms with van der Waals surface area (Å²) in [6.45, 7) is 0. The average molecular weight is 363 g/mol. The molecule has 0 atom stereocenters. The highest BCUT2D eigenvalue weighted by Gasteiger charge is 2.28. The highest BCUT2D eigenvalue weighted by atomic mass is 127. The lowest BCUT2D eigenvalue weighted by Crippen LogP contribution is -2.13. The molecule has 0 saturated heterocycles. The zero-order valence-corrected chi connectivity index (χ0v) is 12.4. The minimum Gasteiger partial charge on any atom is -0.307 e. The Hall–Kier alpha value is -0.490. The summed E-state index contributed by atoms with van der Waals surface area (Å²) in [5.41, 5.74) is 0.360. The molecule has 1 heterocycles. The summed E-state index contributed by atoms with van der Waals surface area (Å²) in [4.78, 5) is 4.20. The third-order valence-corrected chi connectivity index (χ3v) is 5.16. The van der Waals surface area contributed by atoms with E-state index >= 15 is 0 Å². The molecule has 1 aromatic carbocycles. The van der Waals surface area contributed by atoms with Crippen LogP contribution >= 0.6 is 30.2 Å². The lowest BCUT2D eigenvalue weighted by Gasteiger charge is -2.15. The average Bonchev–Trinajstić information content (AvgIpc) is 2.39. The van der Waals surface area contributed by atoms with E-state index in [1.165, 1.54) is 14.2 Å². The van der Waals surface area contributed by atoms with Gasteiger partial charge in [-0.2, -0.15) is 0 Å². The summed E-state index contributed by atoms with van der Waals surface area (Å²) in [5.74, 6) is 0. The summed E-state index contributed by atoms with van der Waals surface area (Å²) in [5, 5.41) is 1.79. The fourth-order valence-electron chi connectivity index (χ4n) is 1.61. The molecule has 0 aliphatic rings. The van der Waals surface area contributed by atoms with Crippen molar-refractivity contribution in [1.29, 1.82) is 0 Å². The van der Waals surface area contributed by atoms with Gasteiger partial charge >= 0.3 is 7.60 Å². The number of halogens is 1. The van der Waals surface area contributed by atoms with Crippen LogP contribution in [0.15, 0.2) is 30.5 Å². The zero-order chi connectivity index (χ0) is 12.5. The van der Waals surface area contributed by atoms with Crippen molar-refractivity contribution < 1.29 is 13.6 Å². The Morgan fingerprint density at radius 2 is 1.76 bits per heavy atom. The normalized spacial score (nSPS) is 11.9. The van der Waals surface area contributed by atoms with Crippen LogP contribution < -0.4 is 5.44 Å². The topological polar surface area (TPSA) is 48.4 Å². The number of pyridine rings is 1. The van der Waals surface area contributed by atoms with E-state index in [2.05, 4.69) is 27.6 Å². The minimum absolute atomic E-state index is 0.360. The van der Waals surface area contributed by atoms with Crippen molar-refractivity contribution in [2.75, 3.05) is 14.2 Å². The van der Waals surface area contributed by atoms with Crippen molar-refractivity contribution in [2.45, 2.75) is 0 Å². The molecule has 2 aromatic rings. The van der Waals surface area contributed by atoms with Crippen LogP contribution in [0.1, 0.15) is 0 Å². The first-order chi connectivity index (χ1) is 8.12. The third-order valence-electron chi connectivity index (χ3n) is 2.47. The van der Waals surface area contributed by atoms with Gasteiger partial charge in [-0.05, 0) is 28.0 Å². The first-order valence-corrected chi connectivity index (χ1v) is 7.50. The smallest absolute Gasteiger partial charge is 0.307 e. The van der Waals surface area contributed by atoms with Gasteiger partial charge in [0.25, 0.3) is 0 Å². The molecule has 0 N–H and O–H groups in total. The van der Waals surface area contributed by atoms with E-state index in [0.29, 0.717) is 5.44 Å². The molecule has 6 heteroatoms. The van der Waals surface area contributed by atoms with Gasteiger partial charge < -0.3 is 9.05 Å². The molecule has 0 spiro atoms. The molecule has 0 saturated carbocycles. The Morgan fingerprint density at radius 1 is 1.18 bits per heavy atom. The fourth-order valence-corrected chi connectivity index (χ4v) is 3.40. The Balaban J connectivity index is 2.80. The number of benzene rings is 1. The first-order valence-electron chi connectivity index (χ1n) is 4.87. The number of hydrogen-bond acceptors (Lipinski definition) is 4. The quantitative estimate of drug-likeness (QED) is 0.622. The standard InChI is InChI=1S/C11H11INO3P/c1-15-17(14,16-2)11-9-6-4-3-5-8(9)10(12)7-13-11/h3-7H,1-2H3. The van der Waals surface area contributed by atoms with Gasteiger partial charge in [0.15, 0.2) is 5.44 Å². The van der Waals surface area contributed by atoms with E-state index in [9.17, 15) is 4.57 Å². The predicted octanol–water partition coefficient (Wildman–Crippen LogP) is 2.95. The number of fused-ring (bicyclic) bond motifs is 1. The van der Waals surface area contributed by atoms with Gasteiger partial charge in [-0.1, -0.05) is 24.3 Å². The zero-order valence-electron chi connectivity index (χ0n) is 9.38. The van der Waals surface area contributed by atoms with E-state index in [0.717, 1.165) is 14.3 Å². The highest BCUT2D eigenvalue weighted by Crippen LogP contribution is 2.46. The molecule has 0 aliphatic carbocycles. The van der Waals surface area contributed by atoms with E-state index in [-0.39, 0.29) is 0 Å². The SMILES string of the molecule is COP(=O)(OC)c1ncc(I)c2ccccc12. The van der Waals surface area contributed by atoms with Crippen LogP contribution in [0.2, 0.25) is 0 Å². The number of aromatic nitrogens is 1. The molecule has 0 fully saturated rings. The summed E-state index contributed by atoms with van der Waals surface area (Å²) >= 11 is 2.19. The van der Waals surface area contributed by atoms with Gasteiger partial charge in [-0.3, -0.25) is 4.57 Å². The van der Waals surface area contributed by atoms with E-state index < -0.39 is 7.60 Å². The highest BCUT2D eigenvalue weighted by molar-refractivity contribution is 14.1. The third kappa shape index (κ3) is 2.25. The summed E-state index contributed by atoms with van der Waals surface area (Å²) in [6.07, 6.45) is 1.67. The largest absolute Gasteiger partial charge is 0.379 e. The van der Waals surface area contributed by atoms with Crippen LogP contribution in [-0.2, 0) is 13.6 Å². The van der Waals surface area contributed by atoms with Crippen molar-refractivity contribution in [1.82, 2.24) is 4.98 Å². The van der Waals surface area contributed by atoms with Crippen molar-refractivity contribution in [3.05, 3.63) is 34.0 Å². The van der Waals surface area contributed by atoms with Crippen LogP contribution in [0.4, 0.5) is 0 Å². The first kappa shape index (κ1) is 13.0. The number of hydrogen-bond donors (Lipinski definition) is 0. The Morgan fingerprint density at radius 3 is 2.35 bits per heavy atom. The molecule has 0 radical (unpaired) electrons. The van der Waals surface area contributed by atoms with Crippen LogP contribution in [-0.4, -0.2) is 19.2 Å². The van der Waals surface area contributed by atoms with Crippen molar-refractivity contribution >= 4 is 46.4 Å². The maximum Gasteiger partial charge on any atom is 0.379 e. The van der Waals surface area contributed by atoms with Crippen molar-refractivity contribution in [2.24, 2.45) is 0 Å². The molecular weight excluding hydrogens is 352 g/mol. The molecule has 4 nitrogen and oxygen atoms in total. The van der Waals surface area contributed by atoms with Crippen LogP contribution in [0.25, 0.3) is 10.8 Å². The van der Waals surface area contributed by atoms with Crippen molar-refractivity contribution in [3.63, 3.8) is 0 Å². The maximum atomic E-state index is 12.4. The lowest BCUT2D eigenvalue weighted by atomic mass is 10.2. The Kier molecular flexibility index (Phi) is 3.82. The second-order valence-corrected chi connectivity index (χ2v) is 6.65. The van der Waals surface area contributed by atoms with Gasteiger partial charge in [0.05, 0.1) is 0 Å². The number of nitrogens with zero attached hydrogens (tertiary/aromatic N) is 1. The summed E-state index contributed by atoms with van der Waals surface area (Å²) in [6, 6.07) is 7.63. The molecular formula is C11H11INO3P. The predicted molar refractivity (Wildman–Crippen MR) is 75.7 cm³/mol. The summed E-state index contributed by atoms with van der Waals surface area (Å²) in [7, 11) is -0.594. The molecule has 0 amide bonds. The maximum absolute atomic E-state index is 12.4. The van der Waals surface area contributed by atoms with Gasteiger partial charge in [-0.15, -0.1) is 0 Å². The van der Waals surface area contributed by atoms with E-state index in [1.54, 1.807) is 6.20 Å². The molecule has 90 valence electrons. The lowest BCUT2D eigenvalue weighted by molar-refractivity contribution is 0.287. The second kappa shape index (κ2) is 5.02. The number of rotatable bonds is 3. The van der Waals surface area contributed by atoms with Crippen LogP contribution in [0.5, 0.6) is 0 Å². The van der Waals surface area contributed by atoms with E-state index in [1.807, 2.05) is 24.3 Å². The van der Waals surface area contributed by atoms with Gasteiger partial charge in [0.2, 0.25) is 0 Å². The van der Waals surface area contributed by atoms with Gasteiger partial charge in [0.1, 0.15) is 0 Å². The second-order valence-electron chi connectivity index (χ2n) is 3.34. The monoisotopic (exact) mass is 363 g/mol. The molecule has 0 bridgehead atoms.